The molecule has 1 unspecified atom stereocenters. The van der Waals surface area contributed by atoms with Gasteiger partial charge in [0.15, 0.2) is 5.69 Å². The number of carboxylic acids is 1. The summed E-state index contributed by atoms with van der Waals surface area (Å²) in [5.41, 5.74) is 0.532. The molecule has 10 nitrogen and oxygen atoms in total. The SMILES string of the molecule is CC1CN(c2ncc(C#N)c(-c3cn(C)nc3C(=O)O)n2)CCN1C(=O)C1CC1. The molecule has 29 heavy (non-hydrogen) atoms. The van der Waals surface area contributed by atoms with Crippen LogP contribution in [0.4, 0.5) is 5.95 Å². The van der Waals surface area contributed by atoms with Gasteiger partial charge in [-0.2, -0.15) is 10.4 Å². The van der Waals surface area contributed by atoms with E-state index in [9.17, 15) is 20.0 Å². The van der Waals surface area contributed by atoms with E-state index in [1.54, 1.807) is 7.05 Å². The molecule has 1 saturated carbocycles. The van der Waals surface area contributed by atoms with Gasteiger partial charge in [-0.3, -0.25) is 9.48 Å². The van der Waals surface area contributed by atoms with Gasteiger partial charge in [-0.25, -0.2) is 14.8 Å². The molecular formula is C19H21N7O3. The minimum absolute atomic E-state index is 0.0208. The zero-order chi connectivity index (χ0) is 20.7. The lowest BCUT2D eigenvalue weighted by Gasteiger charge is -2.40. The van der Waals surface area contributed by atoms with Crippen LogP contribution >= 0.6 is 0 Å². The summed E-state index contributed by atoms with van der Waals surface area (Å²) in [4.78, 5) is 36.7. The average molecular weight is 395 g/mol. The first kappa shape index (κ1) is 18.9. The maximum absolute atomic E-state index is 12.4. The molecule has 0 aromatic carbocycles. The van der Waals surface area contributed by atoms with Crippen molar-refractivity contribution in [1.82, 2.24) is 24.6 Å². The van der Waals surface area contributed by atoms with Gasteiger partial charge >= 0.3 is 5.97 Å². The molecule has 10 heteroatoms. The molecule has 0 spiro atoms. The van der Waals surface area contributed by atoms with E-state index in [4.69, 9.17) is 0 Å². The molecular weight excluding hydrogens is 374 g/mol. The molecule has 2 aromatic rings. The van der Waals surface area contributed by atoms with E-state index in [0.29, 0.717) is 25.6 Å². The van der Waals surface area contributed by atoms with Crippen molar-refractivity contribution in [3.8, 4) is 17.3 Å². The first-order chi connectivity index (χ1) is 13.9. The van der Waals surface area contributed by atoms with Gasteiger partial charge in [-0.1, -0.05) is 0 Å². The molecule has 2 aliphatic rings. The van der Waals surface area contributed by atoms with Crippen molar-refractivity contribution in [1.29, 1.82) is 5.26 Å². The lowest BCUT2D eigenvalue weighted by Crippen LogP contribution is -2.55. The highest BCUT2D eigenvalue weighted by Crippen LogP contribution is 2.33. The van der Waals surface area contributed by atoms with Gasteiger partial charge in [0, 0.05) is 44.8 Å². The smallest absolute Gasteiger partial charge is 0.357 e. The number of aromatic nitrogens is 4. The quantitative estimate of drug-likeness (QED) is 0.808. The summed E-state index contributed by atoms with van der Waals surface area (Å²) in [6, 6.07) is 2.04. The molecule has 1 saturated heterocycles. The molecule has 1 N–H and O–H groups in total. The fourth-order valence-electron chi connectivity index (χ4n) is 3.66. The highest BCUT2D eigenvalue weighted by Gasteiger charge is 2.37. The third-order valence-electron chi connectivity index (χ3n) is 5.30. The van der Waals surface area contributed by atoms with E-state index in [1.807, 2.05) is 22.8 Å². The Morgan fingerprint density at radius 2 is 2.07 bits per heavy atom. The van der Waals surface area contributed by atoms with Crippen LogP contribution in [0.1, 0.15) is 35.8 Å². The van der Waals surface area contributed by atoms with Gasteiger partial charge in [0.2, 0.25) is 11.9 Å². The fraction of sp³-hybridized carbons (Fsp3) is 0.474. The predicted molar refractivity (Wildman–Crippen MR) is 102 cm³/mol. The van der Waals surface area contributed by atoms with Crippen LogP contribution in [0, 0.1) is 17.2 Å². The first-order valence-electron chi connectivity index (χ1n) is 9.49. The fourth-order valence-corrected chi connectivity index (χ4v) is 3.66. The summed E-state index contributed by atoms with van der Waals surface area (Å²) in [5, 5.41) is 22.8. The molecule has 2 aromatic heterocycles. The lowest BCUT2D eigenvalue weighted by atomic mass is 10.1. The third kappa shape index (κ3) is 3.51. The number of carbonyl (C=O) groups excluding carboxylic acids is 1. The zero-order valence-corrected chi connectivity index (χ0v) is 16.2. The standard InChI is InChI=1S/C19H21N7O3/c1-11-9-25(5-6-26(11)17(27)12-3-4-12)19-21-8-13(7-20)15(22-19)14-10-24(2)23-16(14)18(28)29/h8,10-12H,3-6,9H2,1-2H3,(H,28,29). The number of hydrogen-bond donors (Lipinski definition) is 1. The molecule has 1 amide bonds. The van der Waals surface area contributed by atoms with Crippen LogP contribution in [-0.2, 0) is 11.8 Å². The Kier molecular flexibility index (Phi) is 4.66. The number of nitriles is 1. The van der Waals surface area contributed by atoms with Crippen molar-refractivity contribution in [3.63, 3.8) is 0 Å². The molecule has 0 radical (unpaired) electrons. The summed E-state index contributed by atoms with van der Waals surface area (Å²) >= 11 is 0. The van der Waals surface area contributed by atoms with Gasteiger partial charge in [-0.15, -0.1) is 0 Å². The Balaban J connectivity index is 1.63. The summed E-state index contributed by atoms with van der Waals surface area (Å²) in [6.45, 7) is 3.73. The summed E-state index contributed by atoms with van der Waals surface area (Å²) in [6.07, 6.45) is 4.89. The second-order valence-corrected chi connectivity index (χ2v) is 7.52. The minimum atomic E-state index is -1.19. The number of carboxylic acid groups (broad SMARTS) is 1. The molecule has 150 valence electrons. The van der Waals surface area contributed by atoms with Gasteiger partial charge in [0.05, 0.1) is 23.0 Å². The third-order valence-corrected chi connectivity index (χ3v) is 5.30. The maximum Gasteiger partial charge on any atom is 0.357 e. The topological polar surface area (TPSA) is 128 Å². The number of carbonyl (C=O) groups is 2. The minimum Gasteiger partial charge on any atom is -0.476 e. The van der Waals surface area contributed by atoms with E-state index in [2.05, 4.69) is 15.1 Å². The second kappa shape index (κ2) is 7.16. The van der Waals surface area contributed by atoms with Crippen molar-refractivity contribution in [2.24, 2.45) is 13.0 Å². The van der Waals surface area contributed by atoms with Crippen LogP contribution in [0.5, 0.6) is 0 Å². The van der Waals surface area contributed by atoms with E-state index in [1.165, 1.54) is 17.1 Å². The molecule has 1 aliphatic heterocycles. The number of aromatic carboxylic acids is 1. The van der Waals surface area contributed by atoms with Crippen LogP contribution in [0.15, 0.2) is 12.4 Å². The number of amides is 1. The van der Waals surface area contributed by atoms with Crippen molar-refractivity contribution in [2.45, 2.75) is 25.8 Å². The van der Waals surface area contributed by atoms with Gasteiger partial charge < -0.3 is 14.9 Å². The Hall–Kier alpha value is -3.48. The average Bonchev–Trinajstić information content (AvgIpc) is 3.48. The molecule has 0 bridgehead atoms. The predicted octanol–water partition coefficient (Wildman–Crippen LogP) is 0.894. The van der Waals surface area contributed by atoms with Crippen LogP contribution in [0.3, 0.4) is 0 Å². The maximum atomic E-state index is 12.4. The number of rotatable bonds is 4. The Morgan fingerprint density at radius 3 is 2.69 bits per heavy atom. The normalized spacial score (nSPS) is 19.1. The first-order valence-corrected chi connectivity index (χ1v) is 9.49. The largest absolute Gasteiger partial charge is 0.476 e. The summed E-state index contributed by atoms with van der Waals surface area (Å²) in [5.74, 6) is -0.378. The van der Waals surface area contributed by atoms with Gasteiger partial charge in [0.25, 0.3) is 0 Å². The van der Waals surface area contributed by atoms with Crippen LogP contribution in [0.25, 0.3) is 11.3 Å². The van der Waals surface area contributed by atoms with Gasteiger partial charge in [0.1, 0.15) is 6.07 Å². The summed E-state index contributed by atoms with van der Waals surface area (Å²) in [7, 11) is 1.61. The van der Waals surface area contributed by atoms with Crippen LogP contribution < -0.4 is 4.90 Å². The number of anilines is 1. The lowest BCUT2D eigenvalue weighted by molar-refractivity contribution is -0.134. The molecule has 3 heterocycles. The molecule has 1 atom stereocenters. The van der Waals surface area contributed by atoms with Crippen molar-refractivity contribution < 1.29 is 14.7 Å². The zero-order valence-electron chi connectivity index (χ0n) is 16.2. The second-order valence-electron chi connectivity index (χ2n) is 7.52. The number of hydrogen-bond acceptors (Lipinski definition) is 7. The van der Waals surface area contributed by atoms with E-state index < -0.39 is 5.97 Å². The Bertz CT molecular complexity index is 1020. The summed E-state index contributed by atoms with van der Waals surface area (Å²) < 4.78 is 1.38. The van der Waals surface area contributed by atoms with Crippen LogP contribution in [0.2, 0.25) is 0 Å². The van der Waals surface area contributed by atoms with Crippen molar-refractivity contribution >= 4 is 17.8 Å². The number of nitrogens with zero attached hydrogens (tertiary/aromatic N) is 7. The molecule has 1 aliphatic carbocycles. The van der Waals surface area contributed by atoms with E-state index in [0.717, 1.165) is 12.8 Å². The Morgan fingerprint density at radius 1 is 1.31 bits per heavy atom. The van der Waals surface area contributed by atoms with Crippen molar-refractivity contribution in [3.05, 3.63) is 23.7 Å². The number of aryl methyl sites for hydroxylation is 1. The Labute approximate surface area is 167 Å². The molecule has 4 rings (SSSR count). The molecule has 2 fully saturated rings. The monoisotopic (exact) mass is 395 g/mol. The number of piperazine rings is 1. The van der Waals surface area contributed by atoms with E-state index >= 15 is 0 Å². The van der Waals surface area contributed by atoms with Gasteiger partial charge in [-0.05, 0) is 19.8 Å². The highest BCUT2D eigenvalue weighted by atomic mass is 16.4. The highest BCUT2D eigenvalue weighted by molar-refractivity contribution is 5.94. The van der Waals surface area contributed by atoms with E-state index in [-0.39, 0.29) is 40.4 Å². The van der Waals surface area contributed by atoms with Crippen molar-refractivity contribution in [2.75, 3.05) is 24.5 Å². The van der Waals surface area contributed by atoms with Crippen LogP contribution in [-0.4, -0.2) is 67.3 Å².